The van der Waals surface area contributed by atoms with Gasteiger partial charge < -0.3 is 9.88 Å². The summed E-state index contributed by atoms with van der Waals surface area (Å²) in [4.78, 5) is 8.61. The number of nitrogens with zero attached hydrogens (tertiary/aromatic N) is 2. The van der Waals surface area contributed by atoms with E-state index in [2.05, 4.69) is 60.9 Å². The Morgan fingerprint density at radius 1 is 1.18 bits per heavy atom. The van der Waals surface area contributed by atoms with Crippen LogP contribution in [0.3, 0.4) is 0 Å². The molecule has 1 aliphatic rings. The Morgan fingerprint density at radius 2 is 2.00 bits per heavy atom. The van der Waals surface area contributed by atoms with Gasteiger partial charge in [0.05, 0.1) is 5.52 Å². The first kappa shape index (κ1) is 15.6. The van der Waals surface area contributed by atoms with Gasteiger partial charge in [-0.3, -0.25) is 4.90 Å². The summed E-state index contributed by atoms with van der Waals surface area (Å²) in [5.74, 6) is 0. The molecule has 0 spiro atoms. The molecule has 1 aromatic heterocycles. The standard InChI is InChI=1S/C19H29N3/c1-14-15(2)20-19-16(7-5-9-18(14)19)13-22-11-6-8-17(10-12-22)21(3)4/h5,7,9,17,20H,6,8,10-13H2,1-4H3/t17-/m0/s1. The molecule has 0 unspecified atom stereocenters. The maximum atomic E-state index is 3.59. The van der Waals surface area contributed by atoms with Gasteiger partial charge in [0.15, 0.2) is 0 Å². The number of rotatable bonds is 3. The van der Waals surface area contributed by atoms with Crippen LogP contribution in [0.1, 0.15) is 36.1 Å². The molecular formula is C19H29N3. The first-order chi connectivity index (χ1) is 10.6. The van der Waals surface area contributed by atoms with Crippen molar-refractivity contribution in [2.45, 2.75) is 45.7 Å². The Balaban J connectivity index is 1.77. The van der Waals surface area contributed by atoms with Crippen molar-refractivity contribution in [3.8, 4) is 0 Å². The number of H-pyrrole nitrogens is 1. The monoisotopic (exact) mass is 299 g/mol. The Labute approximate surface area is 134 Å². The molecule has 0 aliphatic carbocycles. The average Bonchev–Trinajstić information content (AvgIpc) is 2.67. The molecular weight excluding hydrogens is 270 g/mol. The maximum absolute atomic E-state index is 3.59. The Kier molecular flexibility index (Phi) is 4.55. The first-order valence-electron chi connectivity index (χ1n) is 8.52. The number of hydrogen-bond donors (Lipinski definition) is 1. The molecule has 1 saturated heterocycles. The summed E-state index contributed by atoms with van der Waals surface area (Å²) in [6.45, 7) is 7.88. The smallest absolute Gasteiger partial charge is 0.0504 e. The lowest BCUT2D eigenvalue weighted by molar-refractivity contribution is 0.246. The van der Waals surface area contributed by atoms with Crippen LogP contribution in [0.4, 0.5) is 0 Å². The Bertz CT molecular complexity index is 641. The van der Waals surface area contributed by atoms with E-state index in [1.54, 1.807) is 0 Å². The van der Waals surface area contributed by atoms with Crippen molar-refractivity contribution in [1.29, 1.82) is 0 Å². The number of aromatic amines is 1. The molecule has 0 amide bonds. The number of nitrogens with one attached hydrogen (secondary N) is 1. The maximum Gasteiger partial charge on any atom is 0.0504 e. The fourth-order valence-electron chi connectivity index (χ4n) is 3.73. The molecule has 1 fully saturated rings. The summed E-state index contributed by atoms with van der Waals surface area (Å²) < 4.78 is 0. The zero-order chi connectivity index (χ0) is 15.7. The van der Waals surface area contributed by atoms with Crippen molar-refractivity contribution in [3.05, 3.63) is 35.0 Å². The van der Waals surface area contributed by atoms with Gasteiger partial charge in [-0.25, -0.2) is 0 Å². The summed E-state index contributed by atoms with van der Waals surface area (Å²) in [7, 11) is 4.43. The van der Waals surface area contributed by atoms with E-state index in [4.69, 9.17) is 0 Å². The van der Waals surface area contributed by atoms with E-state index in [1.807, 2.05) is 0 Å². The van der Waals surface area contributed by atoms with Crippen LogP contribution >= 0.6 is 0 Å². The van der Waals surface area contributed by atoms with E-state index >= 15 is 0 Å². The van der Waals surface area contributed by atoms with E-state index in [-0.39, 0.29) is 0 Å². The predicted octanol–water partition coefficient (Wildman–Crippen LogP) is 3.70. The molecule has 3 nitrogen and oxygen atoms in total. The molecule has 2 aromatic rings. The van der Waals surface area contributed by atoms with Gasteiger partial charge in [0, 0.05) is 23.7 Å². The van der Waals surface area contributed by atoms with Gasteiger partial charge in [0.25, 0.3) is 0 Å². The summed E-state index contributed by atoms with van der Waals surface area (Å²) in [6.07, 6.45) is 3.92. The third-order valence-electron chi connectivity index (χ3n) is 5.34. The second-order valence-electron chi connectivity index (χ2n) is 7.04. The van der Waals surface area contributed by atoms with Crippen LogP contribution < -0.4 is 0 Å². The number of para-hydroxylation sites is 1. The molecule has 1 aromatic carbocycles. The second-order valence-corrected chi connectivity index (χ2v) is 7.04. The normalized spacial score (nSPS) is 20.7. The topological polar surface area (TPSA) is 22.3 Å². The number of aromatic nitrogens is 1. The molecule has 22 heavy (non-hydrogen) atoms. The second kappa shape index (κ2) is 6.43. The van der Waals surface area contributed by atoms with Crippen molar-refractivity contribution in [1.82, 2.24) is 14.8 Å². The molecule has 1 aliphatic heterocycles. The highest BCUT2D eigenvalue weighted by molar-refractivity contribution is 5.87. The molecule has 2 heterocycles. The molecule has 0 saturated carbocycles. The highest BCUT2D eigenvalue weighted by Gasteiger charge is 2.19. The minimum Gasteiger partial charge on any atom is -0.358 e. The highest BCUT2D eigenvalue weighted by atomic mass is 15.2. The van der Waals surface area contributed by atoms with E-state index in [0.29, 0.717) is 0 Å². The van der Waals surface area contributed by atoms with Crippen LogP contribution in [0.25, 0.3) is 10.9 Å². The van der Waals surface area contributed by atoms with E-state index in [9.17, 15) is 0 Å². The number of likely N-dealkylation sites (tertiary alicyclic amines) is 1. The van der Waals surface area contributed by atoms with Crippen molar-refractivity contribution in [2.75, 3.05) is 27.2 Å². The van der Waals surface area contributed by atoms with Crippen molar-refractivity contribution in [3.63, 3.8) is 0 Å². The zero-order valence-corrected chi connectivity index (χ0v) is 14.4. The van der Waals surface area contributed by atoms with E-state index in [0.717, 1.165) is 12.6 Å². The van der Waals surface area contributed by atoms with Crippen LogP contribution in [-0.2, 0) is 6.54 Å². The number of benzene rings is 1. The van der Waals surface area contributed by atoms with Crippen molar-refractivity contribution >= 4 is 10.9 Å². The summed E-state index contributed by atoms with van der Waals surface area (Å²) in [5, 5.41) is 1.39. The van der Waals surface area contributed by atoms with Crippen LogP contribution in [0.5, 0.6) is 0 Å². The molecule has 1 N–H and O–H groups in total. The van der Waals surface area contributed by atoms with Crippen molar-refractivity contribution < 1.29 is 0 Å². The van der Waals surface area contributed by atoms with Gasteiger partial charge in [0.1, 0.15) is 0 Å². The van der Waals surface area contributed by atoms with Crippen LogP contribution in [-0.4, -0.2) is 48.0 Å². The average molecular weight is 299 g/mol. The zero-order valence-electron chi connectivity index (χ0n) is 14.4. The van der Waals surface area contributed by atoms with Gasteiger partial charge in [-0.05, 0) is 71.4 Å². The third-order valence-corrected chi connectivity index (χ3v) is 5.34. The fourth-order valence-corrected chi connectivity index (χ4v) is 3.73. The van der Waals surface area contributed by atoms with Gasteiger partial charge in [-0.2, -0.15) is 0 Å². The molecule has 0 bridgehead atoms. The van der Waals surface area contributed by atoms with Gasteiger partial charge >= 0.3 is 0 Å². The summed E-state index contributed by atoms with van der Waals surface area (Å²) in [6, 6.07) is 7.47. The number of hydrogen-bond acceptors (Lipinski definition) is 2. The first-order valence-corrected chi connectivity index (χ1v) is 8.52. The summed E-state index contributed by atoms with van der Waals surface area (Å²) in [5.41, 5.74) is 5.47. The van der Waals surface area contributed by atoms with Crippen molar-refractivity contribution in [2.24, 2.45) is 0 Å². The molecule has 0 radical (unpaired) electrons. The largest absolute Gasteiger partial charge is 0.358 e. The van der Waals surface area contributed by atoms with Crippen LogP contribution in [0.15, 0.2) is 18.2 Å². The molecule has 3 rings (SSSR count). The number of fused-ring (bicyclic) bond motifs is 1. The number of aryl methyl sites for hydroxylation is 2. The summed E-state index contributed by atoms with van der Waals surface area (Å²) >= 11 is 0. The predicted molar refractivity (Wildman–Crippen MR) is 94.4 cm³/mol. The lowest BCUT2D eigenvalue weighted by Crippen LogP contribution is -2.30. The lowest BCUT2D eigenvalue weighted by Gasteiger charge is -2.23. The van der Waals surface area contributed by atoms with Gasteiger partial charge in [0.2, 0.25) is 0 Å². The minimum absolute atomic E-state index is 0.746. The Hall–Kier alpha value is -1.32. The van der Waals surface area contributed by atoms with Crippen LogP contribution in [0, 0.1) is 13.8 Å². The third kappa shape index (κ3) is 3.06. The highest BCUT2D eigenvalue weighted by Crippen LogP contribution is 2.26. The minimum atomic E-state index is 0.746. The quantitative estimate of drug-likeness (QED) is 0.933. The molecule has 120 valence electrons. The van der Waals surface area contributed by atoms with E-state index < -0.39 is 0 Å². The fraction of sp³-hybridized carbons (Fsp3) is 0.579. The van der Waals surface area contributed by atoms with Crippen LogP contribution in [0.2, 0.25) is 0 Å². The molecule has 3 heteroatoms. The van der Waals surface area contributed by atoms with Gasteiger partial charge in [-0.15, -0.1) is 0 Å². The lowest BCUT2D eigenvalue weighted by atomic mass is 10.1. The van der Waals surface area contributed by atoms with Gasteiger partial charge in [-0.1, -0.05) is 18.2 Å². The molecule has 1 atom stereocenters. The van der Waals surface area contributed by atoms with E-state index in [1.165, 1.54) is 60.1 Å². The SMILES string of the molecule is Cc1[nH]c2c(CN3CCC[C@H](N(C)C)CC3)cccc2c1C. The Morgan fingerprint density at radius 3 is 2.77 bits per heavy atom.